The topological polar surface area (TPSA) is 74.7 Å². The van der Waals surface area contributed by atoms with Crippen LogP contribution >= 0.6 is 0 Å². The first kappa shape index (κ1) is 11.9. The fraction of sp³-hybridized carbons (Fsp3) is 0.143. The number of nitrogens with one attached hydrogen (secondary N) is 1. The van der Waals surface area contributed by atoms with Gasteiger partial charge < -0.3 is 11.1 Å². The van der Waals surface area contributed by atoms with Gasteiger partial charge in [0.25, 0.3) is 0 Å². The van der Waals surface area contributed by atoms with E-state index in [1.165, 1.54) is 5.56 Å². The zero-order chi connectivity index (χ0) is 12.8. The Bertz CT molecular complexity index is 558. The Morgan fingerprint density at radius 1 is 1.22 bits per heavy atom. The van der Waals surface area contributed by atoms with Crippen molar-refractivity contribution >= 4 is 11.4 Å². The van der Waals surface area contributed by atoms with Gasteiger partial charge in [0.2, 0.25) is 0 Å². The predicted octanol–water partition coefficient (Wildman–Crippen LogP) is 2.19. The molecule has 0 amide bonds. The molecular formula is C14H14N4. The monoisotopic (exact) mass is 238 g/mol. The summed E-state index contributed by atoms with van der Waals surface area (Å²) in [4.78, 5) is 3.97. The fourth-order valence-electron chi connectivity index (χ4n) is 1.68. The van der Waals surface area contributed by atoms with Gasteiger partial charge in [-0.1, -0.05) is 0 Å². The molecule has 4 nitrogen and oxygen atoms in total. The number of hydrogen-bond acceptors (Lipinski definition) is 4. The first-order valence-electron chi connectivity index (χ1n) is 5.72. The van der Waals surface area contributed by atoms with Gasteiger partial charge in [-0.15, -0.1) is 0 Å². The molecule has 0 saturated carbocycles. The molecule has 0 aliphatic carbocycles. The molecule has 90 valence electrons. The molecule has 1 aromatic carbocycles. The maximum atomic E-state index is 8.78. The van der Waals surface area contributed by atoms with Crippen LogP contribution in [0, 0.1) is 11.3 Å². The minimum Gasteiger partial charge on any atom is -0.398 e. The number of aromatic nitrogens is 1. The molecule has 1 aromatic heterocycles. The van der Waals surface area contributed by atoms with Crippen LogP contribution in [0.1, 0.15) is 11.1 Å². The molecule has 0 atom stereocenters. The Kier molecular flexibility index (Phi) is 3.77. The van der Waals surface area contributed by atoms with Gasteiger partial charge in [0.1, 0.15) is 6.07 Å². The molecule has 0 aliphatic heterocycles. The van der Waals surface area contributed by atoms with Gasteiger partial charge in [0.15, 0.2) is 0 Å². The minimum absolute atomic E-state index is 0.506. The zero-order valence-corrected chi connectivity index (χ0v) is 9.93. The normalized spacial score (nSPS) is 9.72. The summed E-state index contributed by atoms with van der Waals surface area (Å²) in [6, 6.07) is 11.4. The summed E-state index contributed by atoms with van der Waals surface area (Å²) >= 11 is 0. The number of nitrogen functional groups attached to an aromatic ring is 1. The maximum absolute atomic E-state index is 8.78. The molecule has 2 rings (SSSR count). The second kappa shape index (κ2) is 5.69. The standard InChI is InChI=1S/C14H14N4/c15-10-12-1-2-13(9-14(12)16)18-8-5-11-3-6-17-7-4-11/h1-4,6-7,9,18H,5,8,16H2. The van der Waals surface area contributed by atoms with Crippen LogP contribution in [0.5, 0.6) is 0 Å². The average molecular weight is 238 g/mol. The Labute approximate surface area is 106 Å². The van der Waals surface area contributed by atoms with Crippen molar-refractivity contribution in [3.05, 3.63) is 53.9 Å². The lowest BCUT2D eigenvalue weighted by Crippen LogP contribution is -2.05. The quantitative estimate of drug-likeness (QED) is 0.801. The van der Waals surface area contributed by atoms with E-state index >= 15 is 0 Å². The molecule has 0 fully saturated rings. The number of nitriles is 1. The van der Waals surface area contributed by atoms with E-state index in [9.17, 15) is 0 Å². The number of rotatable bonds is 4. The number of nitrogens with two attached hydrogens (primary N) is 1. The van der Waals surface area contributed by atoms with E-state index in [1.807, 2.05) is 24.3 Å². The lowest BCUT2D eigenvalue weighted by molar-refractivity contribution is 1.01. The second-order valence-corrected chi connectivity index (χ2v) is 3.95. The fourth-order valence-corrected chi connectivity index (χ4v) is 1.68. The molecule has 0 radical (unpaired) electrons. The van der Waals surface area contributed by atoms with Crippen molar-refractivity contribution in [3.8, 4) is 6.07 Å². The molecule has 0 spiro atoms. The number of anilines is 2. The van der Waals surface area contributed by atoms with Crippen molar-refractivity contribution in [2.24, 2.45) is 0 Å². The van der Waals surface area contributed by atoms with E-state index in [1.54, 1.807) is 24.5 Å². The van der Waals surface area contributed by atoms with E-state index in [0.717, 1.165) is 18.7 Å². The molecule has 0 bridgehead atoms. The predicted molar refractivity (Wildman–Crippen MR) is 72.0 cm³/mol. The van der Waals surface area contributed by atoms with E-state index in [0.29, 0.717) is 11.3 Å². The molecule has 3 N–H and O–H groups in total. The Hall–Kier alpha value is -2.54. The molecule has 18 heavy (non-hydrogen) atoms. The average Bonchev–Trinajstić information content (AvgIpc) is 2.40. The third-order valence-corrected chi connectivity index (χ3v) is 2.66. The van der Waals surface area contributed by atoms with Gasteiger partial charge >= 0.3 is 0 Å². The zero-order valence-electron chi connectivity index (χ0n) is 9.93. The summed E-state index contributed by atoms with van der Waals surface area (Å²) in [7, 11) is 0. The number of pyridine rings is 1. The van der Waals surface area contributed by atoms with E-state index < -0.39 is 0 Å². The van der Waals surface area contributed by atoms with Crippen molar-refractivity contribution in [2.45, 2.75) is 6.42 Å². The molecule has 4 heteroatoms. The summed E-state index contributed by atoms with van der Waals surface area (Å²) in [6.07, 6.45) is 4.49. The Balaban J connectivity index is 1.91. The third kappa shape index (κ3) is 2.98. The van der Waals surface area contributed by atoms with Crippen LogP contribution in [0.3, 0.4) is 0 Å². The van der Waals surface area contributed by atoms with Crippen molar-refractivity contribution < 1.29 is 0 Å². The maximum Gasteiger partial charge on any atom is 0.101 e. The van der Waals surface area contributed by atoms with Gasteiger partial charge in [-0.25, -0.2) is 0 Å². The molecule has 2 aromatic rings. The first-order valence-corrected chi connectivity index (χ1v) is 5.72. The summed E-state index contributed by atoms with van der Waals surface area (Å²) in [5.41, 5.74) is 8.93. The van der Waals surface area contributed by atoms with Crippen molar-refractivity contribution in [2.75, 3.05) is 17.6 Å². The molecule has 1 heterocycles. The van der Waals surface area contributed by atoms with Crippen LogP contribution in [0.15, 0.2) is 42.7 Å². The number of benzene rings is 1. The van der Waals surface area contributed by atoms with Gasteiger partial charge in [0, 0.05) is 24.6 Å². The largest absolute Gasteiger partial charge is 0.398 e. The van der Waals surface area contributed by atoms with Gasteiger partial charge in [-0.05, 0) is 42.3 Å². The molecule has 0 aliphatic rings. The summed E-state index contributed by atoms with van der Waals surface area (Å²) in [5.74, 6) is 0. The molecule has 0 unspecified atom stereocenters. The van der Waals surface area contributed by atoms with Crippen LogP contribution in [0.25, 0.3) is 0 Å². The van der Waals surface area contributed by atoms with Gasteiger partial charge in [-0.3, -0.25) is 4.98 Å². The first-order chi connectivity index (χ1) is 8.79. The van der Waals surface area contributed by atoms with Crippen LogP contribution in [0.4, 0.5) is 11.4 Å². The van der Waals surface area contributed by atoms with Crippen molar-refractivity contribution in [1.82, 2.24) is 4.98 Å². The summed E-state index contributed by atoms with van der Waals surface area (Å²) < 4.78 is 0. The minimum atomic E-state index is 0.506. The molecule has 0 saturated heterocycles. The second-order valence-electron chi connectivity index (χ2n) is 3.95. The lowest BCUT2D eigenvalue weighted by atomic mass is 10.1. The number of hydrogen-bond donors (Lipinski definition) is 2. The van der Waals surface area contributed by atoms with E-state index in [2.05, 4.69) is 10.3 Å². The summed E-state index contributed by atoms with van der Waals surface area (Å²) in [5, 5.41) is 12.1. The number of nitrogens with zero attached hydrogens (tertiary/aromatic N) is 2. The van der Waals surface area contributed by atoms with Crippen molar-refractivity contribution in [1.29, 1.82) is 5.26 Å². The Morgan fingerprint density at radius 2 is 2.00 bits per heavy atom. The smallest absolute Gasteiger partial charge is 0.101 e. The highest BCUT2D eigenvalue weighted by molar-refractivity contribution is 5.62. The Morgan fingerprint density at radius 3 is 2.67 bits per heavy atom. The highest BCUT2D eigenvalue weighted by Crippen LogP contribution is 2.17. The van der Waals surface area contributed by atoms with Gasteiger partial charge in [0.05, 0.1) is 11.3 Å². The van der Waals surface area contributed by atoms with Crippen molar-refractivity contribution in [3.63, 3.8) is 0 Å². The van der Waals surface area contributed by atoms with Crippen LogP contribution in [0.2, 0.25) is 0 Å². The van der Waals surface area contributed by atoms with Gasteiger partial charge in [-0.2, -0.15) is 5.26 Å². The summed E-state index contributed by atoms with van der Waals surface area (Å²) in [6.45, 7) is 0.815. The third-order valence-electron chi connectivity index (χ3n) is 2.66. The van der Waals surface area contributed by atoms with Crippen LogP contribution < -0.4 is 11.1 Å². The highest BCUT2D eigenvalue weighted by Gasteiger charge is 1.99. The van der Waals surface area contributed by atoms with Crippen LogP contribution in [-0.4, -0.2) is 11.5 Å². The van der Waals surface area contributed by atoms with Crippen LogP contribution in [-0.2, 0) is 6.42 Å². The van der Waals surface area contributed by atoms with E-state index in [4.69, 9.17) is 11.0 Å². The van der Waals surface area contributed by atoms with E-state index in [-0.39, 0.29) is 0 Å². The molecular weight excluding hydrogens is 224 g/mol. The highest BCUT2D eigenvalue weighted by atomic mass is 14.9. The SMILES string of the molecule is N#Cc1ccc(NCCc2ccncc2)cc1N. The lowest BCUT2D eigenvalue weighted by Gasteiger charge is -2.07.